The number of thioether (sulfide) groups is 1. The Bertz CT molecular complexity index is 766. The lowest BCUT2D eigenvalue weighted by molar-refractivity contribution is -0.119. The van der Waals surface area contributed by atoms with Crippen LogP contribution in [0.1, 0.15) is 43.0 Å². The molecule has 0 saturated carbocycles. The number of rotatable bonds is 7. The van der Waals surface area contributed by atoms with Crippen molar-refractivity contribution in [3.05, 3.63) is 45.4 Å². The van der Waals surface area contributed by atoms with Gasteiger partial charge in [-0.3, -0.25) is 9.36 Å². The molecule has 1 aromatic heterocycles. The fourth-order valence-electron chi connectivity index (χ4n) is 2.36. The largest absolute Gasteiger partial charge is 0.349 e. The topological polar surface area (TPSA) is 79.8 Å². The molecule has 0 unspecified atom stereocenters. The SMILES string of the molecule is CCCn1c(SCC(=O)N[C@H](C)c2ccc(C)c(C)c2)n[nH]c1=O. The average Bonchev–Trinajstić information content (AvgIpc) is 2.89. The third-order valence-corrected chi connectivity index (χ3v) is 4.89. The van der Waals surface area contributed by atoms with Crippen molar-refractivity contribution < 1.29 is 4.79 Å². The lowest BCUT2D eigenvalue weighted by atomic mass is 10.0. The number of aromatic nitrogens is 3. The van der Waals surface area contributed by atoms with Crippen molar-refractivity contribution in [1.82, 2.24) is 20.1 Å². The van der Waals surface area contributed by atoms with Crippen LogP contribution in [-0.2, 0) is 11.3 Å². The van der Waals surface area contributed by atoms with Crippen LogP contribution in [0, 0.1) is 13.8 Å². The molecule has 0 aliphatic heterocycles. The fraction of sp³-hybridized carbons (Fsp3) is 0.471. The van der Waals surface area contributed by atoms with Crippen LogP contribution in [0.2, 0.25) is 0 Å². The number of aryl methyl sites for hydroxylation is 2. The van der Waals surface area contributed by atoms with Crippen molar-refractivity contribution in [2.75, 3.05) is 5.75 Å². The fourth-order valence-corrected chi connectivity index (χ4v) is 3.15. The lowest BCUT2D eigenvalue weighted by Gasteiger charge is -2.15. The van der Waals surface area contributed by atoms with Crippen LogP contribution >= 0.6 is 11.8 Å². The van der Waals surface area contributed by atoms with E-state index in [2.05, 4.69) is 41.5 Å². The van der Waals surface area contributed by atoms with Gasteiger partial charge in [-0.2, -0.15) is 0 Å². The first-order valence-corrected chi connectivity index (χ1v) is 9.05. The number of nitrogens with zero attached hydrogens (tertiary/aromatic N) is 2. The highest BCUT2D eigenvalue weighted by Crippen LogP contribution is 2.18. The Morgan fingerprint density at radius 3 is 2.79 bits per heavy atom. The van der Waals surface area contributed by atoms with Crippen molar-refractivity contribution in [2.45, 2.75) is 51.9 Å². The summed E-state index contributed by atoms with van der Waals surface area (Å²) in [7, 11) is 0. The van der Waals surface area contributed by atoms with E-state index in [0.29, 0.717) is 11.7 Å². The molecule has 7 heteroatoms. The monoisotopic (exact) mass is 348 g/mol. The van der Waals surface area contributed by atoms with Crippen LogP contribution in [0.5, 0.6) is 0 Å². The number of amides is 1. The Balaban J connectivity index is 1.93. The van der Waals surface area contributed by atoms with Crippen LogP contribution in [0.3, 0.4) is 0 Å². The second-order valence-corrected chi connectivity index (χ2v) is 6.83. The summed E-state index contributed by atoms with van der Waals surface area (Å²) in [6.45, 7) is 8.69. The van der Waals surface area contributed by atoms with Gasteiger partial charge in [-0.1, -0.05) is 36.9 Å². The Labute approximate surface area is 146 Å². The quantitative estimate of drug-likeness (QED) is 0.754. The Morgan fingerprint density at radius 1 is 1.38 bits per heavy atom. The van der Waals surface area contributed by atoms with E-state index in [-0.39, 0.29) is 23.4 Å². The zero-order chi connectivity index (χ0) is 17.7. The highest BCUT2D eigenvalue weighted by atomic mass is 32.2. The highest BCUT2D eigenvalue weighted by Gasteiger charge is 2.13. The molecule has 0 spiro atoms. The molecule has 2 aromatic rings. The molecule has 130 valence electrons. The van der Waals surface area contributed by atoms with Crippen LogP contribution in [0.4, 0.5) is 0 Å². The van der Waals surface area contributed by atoms with Gasteiger partial charge < -0.3 is 5.32 Å². The van der Waals surface area contributed by atoms with Gasteiger partial charge in [0, 0.05) is 6.54 Å². The van der Waals surface area contributed by atoms with Crippen LogP contribution in [-0.4, -0.2) is 26.4 Å². The van der Waals surface area contributed by atoms with Crippen LogP contribution < -0.4 is 11.0 Å². The zero-order valence-corrected chi connectivity index (χ0v) is 15.4. The summed E-state index contributed by atoms with van der Waals surface area (Å²) in [6, 6.07) is 6.14. The average molecular weight is 348 g/mol. The first-order valence-electron chi connectivity index (χ1n) is 8.07. The molecular formula is C17H24N4O2S. The van der Waals surface area contributed by atoms with Gasteiger partial charge in [-0.05, 0) is 43.9 Å². The lowest BCUT2D eigenvalue weighted by Crippen LogP contribution is -2.28. The molecule has 0 radical (unpaired) electrons. The van der Waals surface area contributed by atoms with Gasteiger partial charge in [-0.25, -0.2) is 9.89 Å². The van der Waals surface area contributed by atoms with E-state index in [1.165, 1.54) is 22.9 Å². The predicted molar refractivity (Wildman–Crippen MR) is 96.3 cm³/mol. The van der Waals surface area contributed by atoms with Crippen LogP contribution in [0.25, 0.3) is 0 Å². The van der Waals surface area contributed by atoms with Crippen molar-refractivity contribution in [2.24, 2.45) is 0 Å². The molecule has 1 atom stereocenters. The maximum atomic E-state index is 12.2. The molecule has 0 saturated heterocycles. The van der Waals surface area contributed by atoms with Crippen molar-refractivity contribution in [3.8, 4) is 0 Å². The number of carbonyl (C=O) groups excluding carboxylic acids is 1. The Hall–Kier alpha value is -2.02. The van der Waals surface area contributed by atoms with Crippen molar-refractivity contribution >= 4 is 17.7 Å². The van der Waals surface area contributed by atoms with Gasteiger partial charge in [0.25, 0.3) is 0 Å². The molecular weight excluding hydrogens is 324 g/mol. The first kappa shape index (κ1) is 18.3. The highest BCUT2D eigenvalue weighted by molar-refractivity contribution is 7.99. The van der Waals surface area contributed by atoms with Gasteiger partial charge >= 0.3 is 5.69 Å². The summed E-state index contributed by atoms with van der Waals surface area (Å²) < 4.78 is 1.56. The summed E-state index contributed by atoms with van der Waals surface area (Å²) in [5.74, 6) is 0.146. The summed E-state index contributed by atoms with van der Waals surface area (Å²) in [5.41, 5.74) is 3.30. The number of aromatic amines is 1. The molecule has 1 heterocycles. The molecule has 0 fully saturated rings. The summed E-state index contributed by atoms with van der Waals surface area (Å²) in [4.78, 5) is 23.8. The van der Waals surface area contributed by atoms with Gasteiger partial charge in [0.1, 0.15) is 0 Å². The number of hydrogen-bond donors (Lipinski definition) is 2. The van der Waals surface area contributed by atoms with E-state index in [1.807, 2.05) is 19.9 Å². The van der Waals surface area contributed by atoms with Gasteiger partial charge in [-0.15, -0.1) is 5.10 Å². The minimum Gasteiger partial charge on any atom is -0.349 e. The minimum atomic E-state index is -0.233. The molecule has 0 bridgehead atoms. The second kappa shape index (κ2) is 8.19. The Kier molecular flexibility index (Phi) is 6.25. The predicted octanol–water partition coefficient (Wildman–Crippen LogP) is 2.57. The maximum absolute atomic E-state index is 12.2. The Morgan fingerprint density at radius 2 is 2.12 bits per heavy atom. The maximum Gasteiger partial charge on any atom is 0.343 e. The molecule has 1 aromatic carbocycles. The number of benzene rings is 1. The van der Waals surface area contributed by atoms with E-state index < -0.39 is 0 Å². The smallest absolute Gasteiger partial charge is 0.343 e. The van der Waals surface area contributed by atoms with Gasteiger partial charge in [0.05, 0.1) is 11.8 Å². The summed E-state index contributed by atoms with van der Waals surface area (Å²) in [6.07, 6.45) is 0.836. The molecule has 6 nitrogen and oxygen atoms in total. The van der Waals surface area contributed by atoms with E-state index in [0.717, 1.165) is 12.0 Å². The number of carbonyl (C=O) groups is 1. The van der Waals surface area contributed by atoms with Gasteiger partial charge in [0.15, 0.2) is 5.16 Å². The van der Waals surface area contributed by atoms with Crippen molar-refractivity contribution in [1.29, 1.82) is 0 Å². The first-order chi connectivity index (χ1) is 11.4. The molecule has 2 N–H and O–H groups in total. The molecule has 2 rings (SSSR count). The normalized spacial score (nSPS) is 12.2. The molecule has 1 amide bonds. The standard InChI is InChI=1S/C17H24N4O2S/c1-5-8-21-16(23)19-20-17(21)24-10-15(22)18-13(4)14-7-6-11(2)12(3)9-14/h6-7,9,13H,5,8,10H2,1-4H3,(H,18,22)(H,19,23)/t13-/m1/s1. The minimum absolute atomic E-state index is 0.0607. The number of H-pyrrole nitrogens is 1. The number of nitrogens with one attached hydrogen (secondary N) is 2. The molecule has 24 heavy (non-hydrogen) atoms. The van der Waals surface area contributed by atoms with Crippen molar-refractivity contribution in [3.63, 3.8) is 0 Å². The molecule has 0 aliphatic rings. The second-order valence-electron chi connectivity index (χ2n) is 5.88. The molecule has 0 aliphatic carbocycles. The summed E-state index contributed by atoms with van der Waals surface area (Å²) >= 11 is 1.27. The summed E-state index contributed by atoms with van der Waals surface area (Å²) in [5, 5.41) is 9.94. The van der Waals surface area contributed by atoms with E-state index >= 15 is 0 Å². The number of hydrogen-bond acceptors (Lipinski definition) is 4. The van der Waals surface area contributed by atoms with Crippen LogP contribution in [0.15, 0.2) is 28.2 Å². The third kappa shape index (κ3) is 4.50. The van der Waals surface area contributed by atoms with E-state index in [9.17, 15) is 9.59 Å². The van der Waals surface area contributed by atoms with Gasteiger partial charge in [0.2, 0.25) is 5.91 Å². The van der Waals surface area contributed by atoms with E-state index in [1.54, 1.807) is 4.57 Å². The zero-order valence-electron chi connectivity index (χ0n) is 14.5. The third-order valence-electron chi connectivity index (χ3n) is 3.91. The van der Waals surface area contributed by atoms with E-state index in [4.69, 9.17) is 0 Å².